The Labute approximate surface area is 227 Å². The molecule has 1 aliphatic heterocycles. The summed E-state index contributed by atoms with van der Waals surface area (Å²) in [4.78, 5) is 19.0. The lowest BCUT2D eigenvalue weighted by molar-refractivity contribution is 0.0212. The van der Waals surface area contributed by atoms with Gasteiger partial charge >= 0.3 is 6.09 Å². The highest BCUT2D eigenvalue weighted by Gasteiger charge is 2.45. The third kappa shape index (κ3) is 11.0. The van der Waals surface area contributed by atoms with Crippen LogP contribution in [0.4, 0.5) is 9.18 Å². The van der Waals surface area contributed by atoms with Crippen LogP contribution in [0.3, 0.4) is 0 Å². The van der Waals surface area contributed by atoms with Gasteiger partial charge in [0.05, 0.1) is 0 Å². The number of likely N-dealkylation sites (N-methyl/N-ethyl adjacent to an activating group) is 2. The SMILES string of the molecule is CC1C(CO[Si](C)(C)C(C)(C)C)C(c2cccc(F)c2)CN1C(=O)OC(C)(C)C.CN(C)CCN(C)C. The molecule has 1 heterocycles. The number of hydrogen-bond acceptors (Lipinski definition) is 5. The quantitative estimate of drug-likeness (QED) is 0.381. The van der Waals surface area contributed by atoms with Crippen LogP contribution in [0.25, 0.3) is 0 Å². The Morgan fingerprint density at radius 3 is 2.03 bits per heavy atom. The van der Waals surface area contributed by atoms with Crippen LogP contribution in [0.5, 0.6) is 0 Å². The van der Waals surface area contributed by atoms with Crippen molar-refractivity contribution in [2.45, 2.75) is 84.2 Å². The first-order valence-corrected chi connectivity index (χ1v) is 16.3. The maximum Gasteiger partial charge on any atom is 0.410 e. The first kappa shape index (κ1) is 33.5. The van der Waals surface area contributed by atoms with Crippen molar-refractivity contribution in [1.82, 2.24) is 14.7 Å². The van der Waals surface area contributed by atoms with E-state index in [1.54, 1.807) is 17.0 Å². The molecule has 6 nitrogen and oxygen atoms in total. The van der Waals surface area contributed by atoms with Gasteiger partial charge < -0.3 is 23.9 Å². The van der Waals surface area contributed by atoms with Crippen LogP contribution in [-0.2, 0) is 9.16 Å². The lowest BCUT2D eigenvalue weighted by Gasteiger charge is -2.38. The Hall–Kier alpha value is -1.48. The van der Waals surface area contributed by atoms with E-state index in [-0.39, 0.29) is 34.8 Å². The molecule has 1 aromatic rings. The largest absolute Gasteiger partial charge is 0.444 e. The van der Waals surface area contributed by atoms with Gasteiger partial charge in [-0.3, -0.25) is 0 Å². The van der Waals surface area contributed by atoms with E-state index in [1.165, 1.54) is 6.07 Å². The van der Waals surface area contributed by atoms with Gasteiger partial charge in [-0.1, -0.05) is 32.9 Å². The summed E-state index contributed by atoms with van der Waals surface area (Å²) >= 11 is 0. The Bertz CT molecular complexity index is 842. The summed E-state index contributed by atoms with van der Waals surface area (Å²) in [7, 11) is 6.41. The molecule has 0 spiro atoms. The molecule has 1 saturated heterocycles. The minimum absolute atomic E-state index is 0.0120. The summed E-state index contributed by atoms with van der Waals surface area (Å²) in [5.74, 6) is -0.161. The summed E-state index contributed by atoms with van der Waals surface area (Å²) in [5.41, 5.74) is 0.354. The summed E-state index contributed by atoms with van der Waals surface area (Å²) in [6.07, 6.45) is -0.318. The van der Waals surface area contributed by atoms with Crippen molar-refractivity contribution in [3.05, 3.63) is 35.6 Å². The summed E-state index contributed by atoms with van der Waals surface area (Å²) in [6.45, 7) is 22.1. The van der Waals surface area contributed by atoms with E-state index >= 15 is 0 Å². The van der Waals surface area contributed by atoms with Crippen LogP contribution < -0.4 is 0 Å². The van der Waals surface area contributed by atoms with Crippen LogP contribution in [-0.4, -0.2) is 95.2 Å². The third-order valence-electron chi connectivity index (χ3n) is 7.36. The maximum absolute atomic E-state index is 13.9. The monoisotopic (exact) mass is 539 g/mol. The Morgan fingerprint density at radius 2 is 1.59 bits per heavy atom. The molecule has 1 amide bonds. The predicted molar refractivity (Wildman–Crippen MR) is 155 cm³/mol. The lowest BCUT2D eigenvalue weighted by Crippen LogP contribution is -2.44. The van der Waals surface area contributed by atoms with Crippen molar-refractivity contribution >= 4 is 14.4 Å². The smallest absolute Gasteiger partial charge is 0.410 e. The number of amides is 1. The van der Waals surface area contributed by atoms with Crippen LogP contribution in [0.2, 0.25) is 18.1 Å². The second-order valence-electron chi connectivity index (χ2n) is 13.4. The van der Waals surface area contributed by atoms with Crippen molar-refractivity contribution in [2.24, 2.45) is 5.92 Å². The fourth-order valence-electron chi connectivity index (χ4n) is 3.91. The highest BCUT2D eigenvalue weighted by atomic mass is 28.4. The number of carbonyl (C=O) groups is 1. The molecule has 3 atom stereocenters. The molecule has 2 rings (SSSR count). The Kier molecular flexibility index (Phi) is 12.3. The Morgan fingerprint density at radius 1 is 1.05 bits per heavy atom. The molecule has 0 saturated carbocycles. The van der Waals surface area contributed by atoms with Gasteiger partial charge in [0.1, 0.15) is 11.4 Å². The molecule has 1 fully saturated rings. The number of carbonyl (C=O) groups excluding carboxylic acids is 1. The van der Waals surface area contributed by atoms with Gasteiger partial charge in [0.25, 0.3) is 0 Å². The van der Waals surface area contributed by atoms with Gasteiger partial charge in [-0.05, 0) is 91.7 Å². The van der Waals surface area contributed by atoms with Crippen molar-refractivity contribution in [2.75, 3.05) is 54.4 Å². The van der Waals surface area contributed by atoms with E-state index in [2.05, 4.69) is 71.9 Å². The van der Waals surface area contributed by atoms with Crippen molar-refractivity contribution in [3.8, 4) is 0 Å². The molecule has 0 aromatic heterocycles. The lowest BCUT2D eigenvalue weighted by atomic mass is 9.86. The molecule has 37 heavy (non-hydrogen) atoms. The van der Waals surface area contributed by atoms with E-state index < -0.39 is 13.9 Å². The zero-order valence-electron chi connectivity index (χ0n) is 25.8. The number of benzene rings is 1. The average molecular weight is 540 g/mol. The van der Waals surface area contributed by atoms with Crippen LogP contribution in [0, 0.1) is 11.7 Å². The first-order chi connectivity index (χ1) is 16.7. The van der Waals surface area contributed by atoms with Gasteiger partial charge in [0, 0.05) is 44.1 Å². The Balaban J connectivity index is 0.000000738. The topological polar surface area (TPSA) is 45.2 Å². The van der Waals surface area contributed by atoms with Gasteiger partial charge in [-0.15, -0.1) is 0 Å². The molecule has 8 heteroatoms. The number of hydrogen-bond donors (Lipinski definition) is 0. The molecule has 1 aromatic carbocycles. The number of halogens is 1. The van der Waals surface area contributed by atoms with Gasteiger partial charge in [0.15, 0.2) is 8.32 Å². The number of ether oxygens (including phenoxy) is 1. The minimum atomic E-state index is -1.94. The average Bonchev–Trinajstić information content (AvgIpc) is 3.05. The van der Waals surface area contributed by atoms with Gasteiger partial charge in [-0.2, -0.15) is 0 Å². The van der Waals surface area contributed by atoms with Crippen LogP contribution in [0.1, 0.15) is 59.9 Å². The summed E-state index contributed by atoms with van der Waals surface area (Å²) < 4.78 is 26.1. The predicted octanol–water partition coefficient (Wildman–Crippen LogP) is 6.30. The van der Waals surface area contributed by atoms with E-state index in [4.69, 9.17) is 9.16 Å². The number of likely N-dealkylation sites (tertiary alicyclic amines) is 1. The minimum Gasteiger partial charge on any atom is -0.444 e. The number of nitrogens with zero attached hydrogens (tertiary/aromatic N) is 3. The highest BCUT2D eigenvalue weighted by molar-refractivity contribution is 6.74. The fourth-order valence-corrected chi connectivity index (χ4v) is 4.95. The molecular formula is C29H54FN3O3Si. The second-order valence-corrected chi connectivity index (χ2v) is 18.2. The normalized spacial score (nSPS) is 20.8. The fraction of sp³-hybridized carbons (Fsp3) is 0.759. The number of rotatable bonds is 7. The van der Waals surface area contributed by atoms with E-state index in [0.717, 1.165) is 18.7 Å². The molecule has 214 valence electrons. The first-order valence-electron chi connectivity index (χ1n) is 13.4. The highest BCUT2D eigenvalue weighted by Crippen LogP contribution is 2.41. The van der Waals surface area contributed by atoms with Crippen molar-refractivity contribution in [1.29, 1.82) is 0 Å². The van der Waals surface area contributed by atoms with Crippen molar-refractivity contribution in [3.63, 3.8) is 0 Å². The van der Waals surface area contributed by atoms with Crippen molar-refractivity contribution < 1.29 is 18.3 Å². The zero-order valence-corrected chi connectivity index (χ0v) is 26.8. The summed E-state index contributed by atoms with van der Waals surface area (Å²) in [5, 5.41) is 0.105. The molecular weight excluding hydrogens is 485 g/mol. The molecule has 0 aliphatic carbocycles. The van der Waals surface area contributed by atoms with Crippen LogP contribution >= 0.6 is 0 Å². The second kappa shape index (κ2) is 13.5. The van der Waals surface area contributed by atoms with Gasteiger partial charge in [0.2, 0.25) is 0 Å². The standard InChI is InChI=1S/C23H38FNO3Si.C6H16N2/c1-16-20(15-27-29(8,9)23(5,6)7)19(17-11-10-12-18(24)13-17)14-25(16)21(26)28-22(2,3)4;1-7(2)5-6-8(3)4/h10-13,16,19-20H,14-15H2,1-9H3;5-6H2,1-4H3. The van der Waals surface area contributed by atoms with E-state index in [9.17, 15) is 9.18 Å². The zero-order chi connectivity index (χ0) is 28.8. The molecule has 1 aliphatic rings. The molecule has 3 unspecified atom stereocenters. The summed E-state index contributed by atoms with van der Waals surface area (Å²) in [6, 6.07) is 6.66. The van der Waals surface area contributed by atoms with Crippen LogP contribution in [0.15, 0.2) is 24.3 Å². The van der Waals surface area contributed by atoms with E-state index in [1.807, 2.05) is 33.8 Å². The third-order valence-corrected chi connectivity index (χ3v) is 11.9. The maximum atomic E-state index is 13.9. The molecule has 0 radical (unpaired) electrons. The van der Waals surface area contributed by atoms with E-state index in [0.29, 0.717) is 13.2 Å². The molecule has 0 N–H and O–H groups in total. The molecule has 0 bridgehead atoms. The van der Waals surface area contributed by atoms with Gasteiger partial charge in [-0.25, -0.2) is 9.18 Å².